The number of hydrogen-bond acceptors (Lipinski definition) is 3. The van der Waals surface area contributed by atoms with Crippen molar-refractivity contribution in [2.24, 2.45) is 0 Å². The molecule has 2 rings (SSSR count). The highest BCUT2D eigenvalue weighted by molar-refractivity contribution is 7.73. The molecule has 6 nitrogen and oxygen atoms in total. The van der Waals surface area contributed by atoms with E-state index in [1.807, 2.05) is 5.32 Å². The van der Waals surface area contributed by atoms with Gasteiger partial charge in [-0.2, -0.15) is 13.2 Å². The Labute approximate surface area is 140 Å². The summed E-state index contributed by atoms with van der Waals surface area (Å²) in [6.07, 6.45) is -4.67. The molecule has 0 spiro atoms. The third kappa shape index (κ3) is 5.35. The van der Waals surface area contributed by atoms with Crippen LogP contribution in [-0.2, 0) is 17.1 Å². The fraction of sp³-hybridized carbons (Fsp3) is 0.0714. The number of halogens is 4. The van der Waals surface area contributed by atoms with Crippen LogP contribution in [0.2, 0.25) is 0 Å². The predicted molar refractivity (Wildman–Crippen MR) is 84.4 cm³/mol. The zero-order valence-corrected chi connectivity index (χ0v) is 13.1. The lowest BCUT2D eigenvalue weighted by Gasteiger charge is -2.12. The molecule has 0 aromatic heterocycles. The number of benzene rings is 2. The monoisotopic (exact) mass is 377 g/mol. The summed E-state index contributed by atoms with van der Waals surface area (Å²) >= 11 is 0. The van der Waals surface area contributed by atoms with E-state index in [2.05, 4.69) is 10.0 Å². The average Bonchev–Trinajstić information content (AvgIpc) is 2.50. The molecule has 134 valence electrons. The van der Waals surface area contributed by atoms with Gasteiger partial charge < -0.3 is 10.6 Å². The summed E-state index contributed by atoms with van der Waals surface area (Å²) in [5.74, 6) is -1.03. The summed E-state index contributed by atoms with van der Waals surface area (Å²) in [7, 11) is -2.84. The first kappa shape index (κ1) is 18.5. The number of thiol groups is 1. The van der Waals surface area contributed by atoms with Crippen molar-refractivity contribution in [3.05, 3.63) is 53.8 Å². The van der Waals surface area contributed by atoms with Crippen LogP contribution in [0.5, 0.6) is 0 Å². The standard InChI is InChI=1S/C14H11F4N3O3S/c15-11-6-1-8(14(16,17)18)7-12(11)20-13(22)19-9-2-4-10(5-3-9)21-25(23)24/h1-7,25H,(H2,19,20,22)(H,21,23,24). The third-order valence-corrected chi connectivity index (χ3v) is 3.35. The van der Waals surface area contributed by atoms with Crippen LogP contribution < -0.4 is 15.4 Å². The Balaban J connectivity index is 2.07. The quantitative estimate of drug-likeness (QED) is 0.486. The first-order chi connectivity index (χ1) is 11.6. The van der Waals surface area contributed by atoms with Crippen molar-refractivity contribution < 1.29 is 30.8 Å². The van der Waals surface area contributed by atoms with Crippen molar-refractivity contribution in [2.45, 2.75) is 6.18 Å². The van der Waals surface area contributed by atoms with Crippen LogP contribution in [-0.4, -0.2) is 14.4 Å². The SMILES string of the molecule is O=C(Nc1ccc(N[SH](=O)=O)cc1)Nc1cc(C(F)(F)F)ccc1F. The van der Waals surface area contributed by atoms with Gasteiger partial charge in [-0.1, -0.05) is 0 Å². The topological polar surface area (TPSA) is 87.3 Å². The maximum absolute atomic E-state index is 13.6. The number of nitrogens with one attached hydrogen (secondary N) is 3. The third-order valence-electron chi connectivity index (χ3n) is 2.91. The smallest absolute Gasteiger partial charge is 0.308 e. The Morgan fingerprint density at radius 2 is 1.52 bits per heavy atom. The molecule has 3 N–H and O–H groups in total. The molecular formula is C14H11F4N3O3S. The summed E-state index contributed by atoms with van der Waals surface area (Å²) in [5.41, 5.74) is -1.26. The zero-order chi connectivity index (χ0) is 18.6. The molecule has 11 heteroatoms. The molecule has 0 saturated carbocycles. The summed E-state index contributed by atoms with van der Waals surface area (Å²) in [4.78, 5) is 11.8. The number of amides is 2. The van der Waals surface area contributed by atoms with Gasteiger partial charge >= 0.3 is 12.2 Å². The average molecular weight is 377 g/mol. The van der Waals surface area contributed by atoms with E-state index in [-0.39, 0.29) is 11.4 Å². The second-order valence-electron chi connectivity index (χ2n) is 4.72. The van der Waals surface area contributed by atoms with Crippen molar-refractivity contribution in [1.29, 1.82) is 0 Å². The number of urea groups is 1. The van der Waals surface area contributed by atoms with Gasteiger partial charge in [0.2, 0.25) is 10.9 Å². The largest absolute Gasteiger partial charge is 0.416 e. The number of carbonyl (C=O) groups excluding carboxylic acids is 1. The highest BCUT2D eigenvalue weighted by Crippen LogP contribution is 2.31. The molecule has 0 unspecified atom stereocenters. The van der Waals surface area contributed by atoms with Crippen LogP contribution in [0.15, 0.2) is 42.5 Å². The predicted octanol–water partition coefficient (Wildman–Crippen LogP) is 3.43. The molecule has 0 saturated heterocycles. The normalized spacial score (nSPS) is 11.2. The number of hydrogen-bond donors (Lipinski definition) is 4. The number of alkyl halides is 3. The van der Waals surface area contributed by atoms with Crippen molar-refractivity contribution in [3.63, 3.8) is 0 Å². The fourth-order valence-electron chi connectivity index (χ4n) is 1.82. The van der Waals surface area contributed by atoms with Crippen LogP contribution in [0.25, 0.3) is 0 Å². The van der Waals surface area contributed by atoms with Gasteiger partial charge in [-0.3, -0.25) is 4.72 Å². The molecule has 0 aliphatic rings. The molecular weight excluding hydrogens is 366 g/mol. The molecule has 0 heterocycles. The lowest BCUT2D eigenvalue weighted by molar-refractivity contribution is -0.137. The minimum atomic E-state index is -4.67. The van der Waals surface area contributed by atoms with E-state index in [4.69, 9.17) is 0 Å². The first-order valence-electron chi connectivity index (χ1n) is 6.61. The van der Waals surface area contributed by atoms with Gasteiger partial charge in [-0.25, -0.2) is 17.6 Å². The number of rotatable bonds is 4. The molecule has 0 aliphatic heterocycles. The molecule has 0 aliphatic carbocycles. The Morgan fingerprint density at radius 1 is 0.920 bits per heavy atom. The van der Waals surface area contributed by atoms with E-state index in [9.17, 15) is 30.8 Å². The van der Waals surface area contributed by atoms with Gasteiger partial charge in [0, 0.05) is 11.4 Å². The van der Waals surface area contributed by atoms with Crippen LogP contribution in [0.1, 0.15) is 5.56 Å². The van der Waals surface area contributed by atoms with Gasteiger partial charge in [0.1, 0.15) is 5.82 Å². The van der Waals surface area contributed by atoms with E-state index in [1.54, 1.807) is 0 Å². The lowest BCUT2D eigenvalue weighted by atomic mass is 10.2. The van der Waals surface area contributed by atoms with Gasteiger partial charge in [0.15, 0.2) is 0 Å². The summed E-state index contributed by atoms with van der Waals surface area (Å²) in [6.45, 7) is 0. The first-order valence-corrected chi connectivity index (χ1v) is 7.79. The highest BCUT2D eigenvalue weighted by Gasteiger charge is 2.31. The summed E-state index contributed by atoms with van der Waals surface area (Å²) in [5, 5.41) is 4.26. The molecule has 2 amide bonds. The van der Waals surface area contributed by atoms with Gasteiger partial charge in [-0.05, 0) is 42.5 Å². The zero-order valence-electron chi connectivity index (χ0n) is 12.2. The van der Waals surface area contributed by atoms with Gasteiger partial charge in [0.25, 0.3) is 0 Å². The van der Waals surface area contributed by atoms with Crippen LogP contribution in [0.3, 0.4) is 0 Å². The number of anilines is 3. The van der Waals surface area contributed by atoms with E-state index in [0.717, 1.165) is 0 Å². The maximum Gasteiger partial charge on any atom is 0.416 e. The second-order valence-corrected chi connectivity index (χ2v) is 5.46. The molecule has 25 heavy (non-hydrogen) atoms. The molecule has 2 aromatic rings. The minimum Gasteiger partial charge on any atom is -0.308 e. The van der Waals surface area contributed by atoms with E-state index >= 15 is 0 Å². The van der Waals surface area contributed by atoms with Gasteiger partial charge in [0.05, 0.1) is 11.3 Å². The Bertz CT molecular complexity index is 843. The highest BCUT2D eigenvalue weighted by atomic mass is 32.2. The molecule has 0 bridgehead atoms. The Morgan fingerprint density at radius 3 is 2.08 bits per heavy atom. The maximum atomic E-state index is 13.6. The lowest BCUT2D eigenvalue weighted by Crippen LogP contribution is -2.20. The van der Waals surface area contributed by atoms with Crippen LogP contribution in [0.4, 0.5) is 39.4 Å². The van der Waals surface area contributed by atoms with Crippen LogP contribution >= 0.6 is 0 Å². The van der Waals surface area contributed by atoms with Crippen molar-refractivity contribution in [2.75, 3.05) is 15.4 Å². The molecule has 0 atom stereocenters. The van der Waals surface area contributed by atoms with E-state index < -0.39 is 40.2 Å². The number of carbonyl (C=O) groups is 1. The van der Waals surface area contributed by atoms with Crippen LogP contribution in [0, 0.1) is 5.82 Å². The second kappa shape index (κ2) is 7.38. The van der Waals surface area contributed by atoms with Crippen molar-refractivity contribution in [1.82, 2.24) is 0 Å². The summed E-state index contributed by atoms with van der Waals surface area (Å²) in [6, 6.07) is 6.08. The molecule has 0 radical (unpaired) electrons. The van der Waals surface area contributed by atoms with E-state index in [1.165, 1.54) is 24.3 Å². The Hall–Kier alpha value is -2.82. The van der Waals surface area contributed by atoms with Gasteiger partial charge in [-0.15, -0.1) is 0 Å². The minimum absolute atomic E-state index is 0.219. The summed E-state index contributed by atoms with van der Waals surface area (Å²) < 4.78 is 74.5. The fourth-order valence-corrected chi connectivity index (χ4v) is 2.18. The Kier molecular flexibility index (Phi) is 5.47. The van der Waals surface area contributed by atoms with Crippen molar-refractivity contribution >= 4 is 34.0 Å². The van der Waals surface area contributed by atoms with E-state index in [0.29, 0.717) is 18.2 Å². The molecule has 0 fully saturated rings. The van der Waals surface area contributed by atoms with Crippen molar-refractivity contribution in [3.8, 4) is 0 Å². The molecule has 2 aromatic carbocycles.